The number of alkyl halides is 3. The van der Waals surface area contributed by atoms with Gasteiger partial charge in [0.05, 0.1) is 19.3 Å². The van der Waals surface area contributed by atoms with E-state index in [4.69, 9.17) is 4.74 Å². The van der Waals surface area contributed by atoms with E-state index >= 15 is 0 Å². The number of aliphatic hydroxyl groups is 1. The zero-order chi connectivity index (χ0) is 18.5. The highest BCUT2D eigenvalue weighted by molar-refractivity contribution is 7.12. The van der Waals surface area contributed by atoms with Gasteiger partial charge in [-0.1, -0.05) is 5.21 Å². The standard InChI is InChI=1S/C16H19F3N4O2S/c1-23-7-11(21-22-23)13-10(8-24)15(3-4-20-13)14-9(2-5-25-15)6-12(26-14)16(17,18)19/h6-7,10,13,20,24H,2-5,8H2,1H3/t10?,13-,15?/m0/s1. The summed E-state index contributed by atoms with van der Waals surface area (Å²) in [5, 5.41) is 21.5. The van der Waals surface area contributed by atoms with Crippen LogP contribution in [-0.4, -0.2) is 39.9 Å². The molecule has 2 aromatic rings. The minimum atomic E-state index is -4.38. The molecule has 0 aliphatic carbocycles. The first-order valence-electron chi connectivity index (χ1n) is 8.40. The van der Waals surface area contributed by atoms with Gasteiger partial charge in [0, 0.05) is 24.0 Å². The third-order valence-corrected chi connectivity index (χ3v) is 6.58. The smallest absolute Gasteiger partial charge is 0.396 e. The van der Waals surface area contributed by atoms with Gasteiger partial charge in [0.25, 0.3) is 0 Å². The Bertz CT molecular complexity index is 806. The van der Waals surface area contributed by atoms with E-state index in [1.54, 1.807) is 17.9 Å². The van der Waals surface area contributed by atoms with Crippen LogP contribution >= 0.6 is 11.3 Å². The highest BCUT2D eigenvalue weighted by atomic mass is 32.1. The molecule has 26 heavy (non-hydrogen) atoms. The lowest BCUT2D eigenvalue weighted by atomic mass is 9.73. The van der Waals surface area contributed by atoms with Crippen molar-refractivity contribution in [1.82, 2.24) is 20.3 Å². The molecule has 0 radical (unpaired) electrons. The van der Waals surface area contributed by atoms with Crippen molar-refractivity contribution in [2.45, 2.75) is 30.7 Å². The number of fused-ring (bicyclic) bond motifs is 2. The summed E-state index contributed by atoms with van der Waals surface area (Å²) in [7, 11) is 1.74. The molecule has 3 atom stereocenters. The van der Waals surface area contributed by atoms with Gasteiger partial charge in [-0.05, 0) is 31.0 Å². The van der Waals surface area contributed by atoms with Crippen molar-refractivity contribution in [3.63, 3.8) is 0 Å². The summed E-state index contributed by atoms with van der Waals surface area (Å²) in [5.74, 6) is -0.452. The van der Waals surface area contributed by atoms with Crippen molar-refractivity contribution < 1.29 is 23.0 Å². The monoisotopic (exact) mass is 388 g/mol. The van der Waals surface area contributed by atoms with E-state index in [9.17, 15) is 18.3 Å². The van der Waals surface area contributed by atoms with E-state index in [0.29, 0.717) is 42.1 Å². The zero-order valence-corrected chi connectivity index (χ0v) is 14.9. The molecule has 6 nitrogen and oxygen atoms in total. The lowest BCUT2D eigenvalue weighted by Gasteiger charge is -2.48. The number of nitrogens with zero attached hydrogens (tertiary/aromatic N) is 3. The van der Waals surface area contributed by atoms with Gasteiger partial charge in [-0.2, -0.15) is 13.2 Å². The summed E-state index contributed by atoms with van der Waals surface area (Å²) in [5.41, 5.74) is 0.380. The second kappa shape index (κ2) is 6.29. The molecule has 2 N–H and O–H groups in total. The number of halogens is 3. The molecular weight excluding hydrogens is 369 g/mol. The Labute approximate surface area is 152 Å². The fourth-order valence-corrected chi connectivity index (χ4v) is 5.38. The van der Waals surface area contributed by atoms with Crippen LogP contribution in [0.15, 0.2) is 12.3 Å². The number of aromatic nitrogens is 3. The molecule has 2 aliphatic rings. The molecule has 2 aliphatic heterocycles. The van der Waals surface area contributed by atoms with Gasteiger partial charge in [0.15, 0.2) is 0 Å². The van der Waals surface area contributed by atoms with E-state index in [-0.39, 0.29) is 12.6 Å². The molecule has 2 unspecified atom stereocenters. The molecule has 0 aromatic carbocycles. The topological polar surface area (TPSA) is 72.2 Å². The van der Waals surface area contributed by atoms with E-state index in [0.717, 1.165) is 11.3 Å². The van der Waals surface area contributed by atoms with Crippen LogP contribution in [0.25, 0.3) is 0 Å². The van der Waals surface area contributed by atoms with Crippen molar-refractivity contribution in [3.05, 3.63) is 33.3 Å². The van der Waals surface area contributed by atoms with Crippen molar-refractivity contribution in [1.29, 1.82) is 0 Å². The van der Waals surface area contributed by atoms with Gasteiger partial charge in [-0.25, -0.2) is 0 Å². The summed E-state index contributed by atoms with van der Waals surface area (Å²) < 4.78 is 47.4. The zero-order valence-electron chi connectivity index (χ0n) is 14.1. The molecular formula is C16H19F3N4O2S. The summed E-state index contributed by atoms with van der Waals surface area (Å²) >= 11 is 0.739. The van der Waals surface area contributed by atoms with E-state index in [1.165, 1.54) is 6.07 Å². The van der Waals surface area contributed by atoms with Gasteiger partial charge in [0.1, 0.15) is 16.2 Å². The van der Waals surface area contributed by atoms with Crippen LogP contribution in [0.1, 0.15) is 33.5 Å². The Morgan fingerprint density at radius 1 is 1.50 bits per heavy atom. The molecule has 1 spiro atoms. The van der Waals surface area contributed by atoms with Crippen LogP contribution in [0.2, 0.25) is 0 Å². The van der Waals surface area contributed by atoms with E-state index in [2.05, 4.69) is 15.6 Å². The molecule has 1 saturated heterocycles. The quantitative estimate of drug-likeness (QED) is 0.824. The predicted molar refractivity (Wildman–Crippen MR) is 87.6 cm³/mol. The van der Waals surface area contributed by atoms with Crippen molar-refractivity contribution >= 4 is 11.3 Å². The fraction of sp³-hybridized carbons (Fsp3) is 0.625. The number of aryl methyl sites for hydroxylation is 1. The maximum atomic E-state index is 13.2. The maximum Gasteiger partial charge on any atom is 0.425 e. The fourth-order valence-electron chi connectivity index (χ4n) is 4.06. The first-order valence-corrected chi connectivity index (χ1v) is 9.21. The van der Waals surface area contributed by atoms with Gasteiger partial charge < -0.3 is 15.2 Å². The number of hydrogen-bond acceptors (Lipinski definition) is 6. The second-order valence-electron chi connectivity index (χ2n) is 6.74. The maximum absolute atomic E-state index is 13.2. The minimum absolute atomic E-state index is 0.229. The predicted octanol–water partition coefficient (Wildman–Crippen LogP) is 2.01. The van der Waals surface area contributed by atoms with Gasteiger partial charge in [0.2, 0.25) is 0 Å². The van der Waals surface area contributed by atoms with Crippen molar-refractivity contribution in [2.24, 2.45) is 13.0 Å². The normalized spacial score (nSPS) is 29.1. The Morgan fingerprint density at radius 3 is 2.96 bits per heavy atom. The van der Waals surface area contributed by atoms with Gasteiger partial charge >= 0.3 is 6.18 Å². The second-order valence-corrected chi connectivity index (χ2v) is 7.79. The lowest BCUT2D eigenvalue weighted by molar-refractivity contribution is -0.141. The number of nitrogens with one attached hydrogen (secondary N) is 1. The number of ether oxygens (including phenoxy) is 1. The Balaban J connectivity index is 1.79. The Morgan fingerprint density at radius 2 is 2.31 bits per heavy atom. The largest absolute Gasteiger partial charge is 0.425 e. The Kier molecular flexibility index (Phi) is 4.33. The number of rotatable bonds is 2. The van der Waals surface area contributed by atoms with Crippen LogP contribution in [-0.2, 0) is 30.0 Å². The molecule has 0 saturated carbocycles. The van der Waals surface area contributed by atoms with Crippen LogP contribution in [0, 0.1) is 5.92 Å². The van der Waals surface area contributed by atoms with Gasteiger partial charge in [-0.3, -0.25) is 4.68 Å². The molecule has 0 amide bonds. The molecule has 0 bridgehead atoms. The molecule has 142 valence electrons. The first kappa shape index (κ1) is 17.9. The number of piperidine rings is 1. The minimum Gasteiger partial charge on any atom is -0.396 e. The summed E-state index contributed by atoms with van der Waals surface area (Å²) in [6.07, 6.45) is -1.68. The molecule has 2 aromatic heterocycles. The van der Waals surface area contributed by atoms with Crippen molar-refractivity contribution in [3.8, 4) is 0 Å². The number of hydrogen-bond donors (Lipinski definition) is 2. The Hall–Kier alpha value is -1.49. The average Bonchev–Trinajstić information content (AvgIpc) is 3.21. The highest BCUT2D eigenvalue weighted by Crippen LogP contribution is 2.52. The van der Waals surface area contributed by atoms with Crippen LogP contribution in [0.3, 0.4) is 0 Å². The first-order chi connectivity index (χ1) is 12.3. The molecule has 4 rings (SSSR count). The SMILES string of the molecule is Cn1cc([C@H]2NCCC3(OCCc4cc(C(F)(F)F)sc43)C2CO)nn1. The van der Waals surface area contributed by atoms with Crippen molar-refractivity contribution in [2.75, 3.05) is 19.8 Å². The number of aliphatic hydroxyl groups excluding tert-OH is 1. The van der Waals surface area contributed by atoms with Crippen LogP contribution in [0.5, 0.6) is 0 Å². The third kappa shape index (κ3) is 2.75. The highest BCUT2D eigenvalue weighted by Gasteiger charge is 2.53. The average molecular weight is 388 g/mol. The van der Waals surface area contributed by atoms with Crippen LogP contribution in [0.4, 0.5) is 13.2 Å². The summed E-state index contributed by atoms with van der Waals surface area (Å²) in [6.45, 7) is 0.661. The molecule has 4 heterocycles. The lowest BCUT2D eigenvalue weighted by Crippen LogP contribution is -2.54. The molecule has 1 fully saturated rings. The third-order valence-electron chi connectivity index (χ3n) is 5.20. The van der Waals surface area contributed by atoms with E-state index in [1.807, 2.05) is 0 Å². The molecule has 10 heteroatoms. The van der Waals surface area contributed by atoms with Gasteiger partial charge in [-0.15, -0.1) is 16.4 Å². The summed E-state index contributed by atoms with van der Waals surface area (Å²) in [4.78, 5) is -0.0239. The summed E-state index contributed by atoms with van der Waals surface area (Å²) in [6, 6.07) is 0.891. The van der Waals surface area contributed by atoms with Crippen LogP contribution < -0.4 is 5.32 Å². The van der Waals surface area contributed by atoms with E-state index < -0.39 is 22.6 Å². The number of thiophene rings is 1.